The van der Waals surface area contributed by atoms with Crippen molar-refractivity contribution < 1.29 is 17.9 Å². The summed E-state index contributed by atoms with van der Waals surface area (Å²) in [5.41, 5.74) is 0.671. The molecule has 0 radical (unpaired) electrons. The molecular weight excluding hydrogens is 400 g/mol. The van der Waals surface area contributed by atoms with Gasteiger partial charge in [-0.25, -0.2) is 8.42 Å². The summed E-state index contributed by atoms with van der Waals surface area (Å²) in [6, 6.07) is 13.0. The Morgan fingerprint density at radius 3 is 2.54 bits per heavy atom. The Hall–Kier alpha value is -2.35. The Bertz CT molecular complexity index is 1090. The van der Waals surface area contributed by atoms with Crippen LogP contribution in [0.1, 0.15) is 6.92 Å². The quantitative estimate of drug-likeness (QED) is 0.636. The van der Waals surface area contributed by atoms with Gasteiger partial charge in [0.2, 0.25) is 15.7 Å². The van der Waals surface area contributed by atoms with E-state index in [0.717, 1.165) is 0 Å². The highest BCUT2D eigenvalue weighted by Crippen LogP contribution is 2.30. The SMILES string of the molecule is COCC(C)NC(=O)Cn1cc(S(=O)(=O)c2ccc(Cl)cc2)c2ccccc21. The van der Waals surface area contributed by atoms with Crippen molar-refractivity contribution in [3.8, 4) is 0 Å². The van der Waals surface area contributed by atoms with Crippen LogP contribution in [0.15, 0.2) is 64.5 Å². The Kier molecular flexibility index (Phi) is 6.07. The molecule has 0 fully saturated rings. The molecule has 28 heavy (non-hydrogen) atoms. The lowest BCUT2D eigenvalue weighted by Gasteiger charge is -2.13. The number of nitrogens with zero attached hydrogens (tertiary/aromatic N) is 1. The normalized spacial score (nSPS) is 12.8. The lowest BCUT2D eigenvalue weighted by Crippen LogP contribution is -2.37. The summed E-state index contributed by atoms with van der Waals surface area (Å²) < 4.78 is 33.0. The lowest BCUT2D eigenvalue weighted by atomic mass is 10.2. The molecule has 1 unspecified atom stereocenters. The van der Waals surface area contributed by atoms with Crippen molar-refractivity contribution >= 4 is 38.2 Å². The van der Waals surface area contributed by atoms with Gasteiger partial charge in [0.05, 0.1) is 16.4 Å². The molecule has 0 saturated heterocycles. The minimum absolute atomic E-state index is 0.00467. The number of carbonyl (C=O) groups is 1. The number of aromatic nitrogens is 1. The van der Waals surface area contributed by atoms with Gasteiger partial charge in [-0.3, -0.25) is 4.79 Å². The van der Waals surface area contributed by atoms with Gasteiger partial charge in [0.15, 0.2) is 0 Å². The van der Waals surface area contributed by atoms with Gasteiger partial charge < -0.3 is 14.6 Å². The van der Waals surface area contributed by atoms with Gasteiger partial charge in [0.1, 0.15) is 6.54 Å². The van der Waals surface area contributed by atoms with Crippen molar-refractivity contribution in [2.24, 2.45) is 0 Å². The monoisotopic (exact) mass is 420 g/mol. The Morgan fingerprint density at radius 2 is 1.86 bits per heavy atom. The molecule has 3 aromatic rings. The second kappa shape index (κ2) is 8.34. The number of nitrogens with one attached hydrogen (secondary N) is 1. The number of amides is 1. The standard InChI is InChI=1S/C20H21ClN2O4S/c1-14(13-27-2)22-20(24)12-23-11-19(17-5-3-4-6-18(17)23)28(25,26)16-9-7-15(21)8-10-16/h3-11,14H,12-13H2,1-2H3,(H,22,24). The summed E-state index contributed by atoms with van der Waals surface area (Å²) in [4.78, 5) is 12.7. The van der Waals surface area contributed by atoms with Gasteiger partial charge in [-0.05, 0) is 37.3 Å². The number of carbonyl (C=O) groups excluding carboxylic acids is 1. The highest BCUT2D eigenvalue weighted by Gasteiger charge is 2.24. The van der Waals surface area contributed by atoms with Crippen LogP contribution in [-0.4, -0.2) is 38.7 Å². The zero-order valence-electron chi connectivity index (χ0n) is 15.6. The molecule has 1 atom stereocenters. The molecule has 3 rings (SSSR count). The molecule has 6 nitrogen and oxygen atoms in total. The molecule has 1 N–H and O–H groups in total. The summed E-state index contributed by atoms with van der Waals surface area (Å²) in [5.74, 6) is -0.222. The number of para-hydroxylation sites is 1. The number of methoxy groups -OCH3 is 1. The van der Waals surface area contributed by atoms with Crippen molar-refractivity contribution in [2.75, 3.05) is 13.7 Å². The van der Waals surface area contributed by atoms with Crippen LogP contribution in [0.4, 0.5) is 0 Å². The van der Waals surface area contributed by atoms with Gasteiger partial charge in [0.25, 0.3) is 0 Å². The number of ether oxygens (including phenoxy) is 1. The van der Waals surface area contributed by atoms with Crippen LogP contribution in [-0.2, 0) is 25.9 Å². The fourth-order valence-corrected chi connectivity index (χ4v) is 4.67. The molecule has 148 valence electrons. The lowest BCUT2D eigenvalue weighted by molar-refractivity contribution is -0.122. The van der Waals surface area contributed by atoms with Crippen LogP contribution in [0.2, 0.25) is 5.02 Å². The smallest absolute Gasteiger partial charge is 0.240 e. The Labute approximate surface area is 169 Å². The highest BCUT2D eigenvalue weighted by molar-refractivity contribution is 7.91. The summed E-state index contributed by atoms with van der Waals surface area (Å²) in [7, 11) is -2.19. The van der Waals surface area contributed by atoms with Crippen molar-refractivity contribution in [1.82, 2.24) is 9.88 Å². The first-order valence-corrected chi connectivity index (χ1v) is 10.6. The van der Waals surface area contributed by atoms with E-state index in [-0.39, 0.29) is 28.3 Å². The van der Waals surface area contributed by atoms with Crippen LogP contribution < -0.4 is 5.32 Å². The number of sulfone groups is 1. The predicted octanol–water partition coefficient (Wildman–Crippen LogP) is 3.28. The second-order valence-electron chi connectivity index (χ2n) is 6.52. The van der Waals surface area contributed by atoms with Crippen molar-refractivity contribution in [3.63, 3.8) is 0 Å². The van der Waals surface area contributed by atoms with E-state index in [1.165, 1.54) is 30.5 Å². The number of halogens is 1. The fourth-order valence-electron chi connectivity index (χ4n) is 3.07. The number of benzene rings is 2. The Morgan fingerprint density at radius 1 is 1.18 bits per heavy atom. The van der Waals surface area contributed by atoms with Gasteiger partial charge in [-0.15, -0.1) is 0 Å². The first kappa shape index (κ1) is 20.4. The molecule has 1 amide bonds. The summed E-state index contributed by atoms with van der Waals surface area (Å²) >= 11 is 5.88. The van der Waals surface area contributed by atoms with E-state index < -0.39 is 9.84 Å². The molecular formula is C20H21ClN2O4S. The van der Waals surface area contributed by atoms with E-state index in [1.807, 2.05) is 13.0 Å². The van der Waals surface area contributed by atoms with Gasteiger partial charge in [0, 0.05) is 35.3 Å². The summed E-state index contributed by atoms with van der Waals surface area (Å²) in [5, 5.41) is 3.86. The molecule has 0 aliphatic carbocycles. The maximum atomic E-state index is 13.1. The zero-order valence-corrected chi connectivity index (χ0v) is 17.1. The summed E-state index contributed by atoms with van der Waals surface area (Å²) in [6.45, 7) is 2.24. The number of hydrogen-bond donors (Lipinski definition) is 1. The van der Waals surface area contributed by atoms with E-state index in [9.17, 15) is 13.2 Å². The molecule has 0 aliphatic rings. The van der Waals surface area contributed by atoms with Crippen LogP contribution in [0, 0.1) is 0 Å². The molecule has 0 saturated carbocycles. The van der Waals surface area contributed by atoms with E-state index in [4.69, 9.17) is 16.3 Å². The molecule has 1 heterocycles. The highest BCUT2D eigenvalue weighted by atomic mass is 35.5. The number of fused-ring (bicyclic) bond motifs is 1. The molecule has 1 aromatic heterocycles. The van der Waals surface area contributed by atoms with Gasteiger partial charge in [-0.2, -0.15) is 0 Å². The van der Waals surface area contributed by atoms with E-state index in [0.29, 0.717) is 22.5 Å². The van der Waals surface area contributed by atoms with E-state index >= 15 is 0 Å². The maximum absolute atomic E-state index is 13.1. The fraction of sp³-hybridized carbons (Fsp3) is 0.250. The first-order chi connectivity index (χ1) is 13.3. The molecule has 2 aromatic carbocycles. The number of hydrogen-bond acceptors (Lipinski definition) is 4. The summed E-state index contributed by atoms with van der Waals surface area (Å²) in [6.07, 6.45) is 1.51. The Balaban J connectivity index is 1.99. The molecule has 0 aliphatic heterocycles. The minimum atomic E-state index is -3.76. The van der Waals surface area contributed by atoms with Crippen molar-refractivity contribution in [1.29, 1.82) is 0 Å². The predicted molar refractivity (Wildman–Crippen MR) is 108 cm³/mol. The van der Waals surface area contributed by atoms with Crippen LogP contribution in [0.25, 0.3) is 10.9 Å². The van der Waals surface area contributed by atoms with Crippen LogP contribution in [0.3, 0.4) is 0 Å². The largest absolute Gasteiger partial charge is 0.383 e. The third-order valence-electron chi connectivity index (χ3n) is 4.30. The zero-order chi connectivity index (χ0) is 20.3. The average Bonchev–Trinajstić information content (AvgIpc) is 3.01. The minimum Gasteiger partial charge on any atom is -0.383 e. The second-order valence-corrected chi connectivity index (χ2v) is 8.87. The number of rotatable bonds is 7. The first-order valence-electron chi connectivity index (χ1n) is 8.69. The molecule has 0 bridgehead atoms. The van der Waals surface area contributed by atoms with E-state index in [1.54, 1.807) is 29.9 Å². The van der Waals surface area contributed by atoms with Crippen molar-refractivity contribution in [2.45, 2.75) is 29.3 Å². The topological polar surface area (TPSA) is 77.4 Å². The van der Waals surface area contributed by atoms with E-state index in [2.05, 4.69) is 5.32 Å². The third-order valence-corrected chi connectivity index (χ3v) is 6.35. The van der Waals surface area contributed by atoms with Gasteiger partial charge in [-0.1, -0.05) is 29.8 Å². The van der Waals surface area contributed by atoms with Crippen molar-refractivity contribution in [3.05, 3.63) is 59.8 Å². The van der Waals surface area contributed by atoms with Gasteiger partial charge >= 0.3 is 0 Å². The third kappa shape index (κ3) is 4.22. The maximum Gasteiger partial charge on any atom is 0.240 e. The molecule has 8 heteroatoms. The molecule has 0 spiro atoms. The average molecular weight is 421 g/mol. The van der Waals surface area contributed by atoms with Crippen LogP contribution in [0.5, 0.6) is 0 Å². The van der Waals surface area contributed by atoms with Crippen LogP contribution >= 0.6 is 11.6 Å².